The number of rotatable bonds is 7. The third kappa shape index (κ3) is 4.87. The number of anilines is 1. The van der Waals surface area contributed by atoms with Gasteiger partial charge in [-0.1, -0.05) is 36.4 Å². The SMILES string of the molecule is CCOC(=O)c1cnn(-c2ccc3ccccc3n2)c1NC(=O)CNC(=O)c1ccccc1. The molecule has 0 saturated carbocycles. The molecule has 0 radical (unpaired) electrons. The second-order valence-corrected chi connectivity index (χ2v) is 7.00. The standard InChI is InChI=1S/C24H21N5O4/c1-2-33-24(32)18-14-26-29(20-13-12-16-8-6-7-11-19(16)27-20)22(18)28-21(30)15-25-23(31)17-9-4-3-5-10-17/h3-14H,2,15H2,1H3,(H,25,31)(H,28,30). The lowest BCUT2D eigenvalue weighted by molar-refractivity contribution is -0.115. The molecule has 0 spiro atoms. The predicted octanol–water partition coefficient (Wildman–Crippen LogP) is 2.97. The molecule has 0 aliphatic rings. The van der Waals surface area contributed by atoms with Crippen molar-refractivity contribution < 1.29 is 19.1 Å². The molecule has 4 aromatic rings. The summed E-state index contributed by atoms with van der Waals surface area (Å²) < 4.78 is 6.45. The van der Waals surface area contributed by atoms with Crippen molar-refractivity contribution in [2.45, 2.75) is 6.92 Å². The first-order valence-electron chi connectivity index (χ1n) is 10.3. The molecule has 0 unspecified atom stereocenters. The van der Waals surface area contributed by atoms with Gasteiger partial charge in [0.25, 0.3) is 5.91 Å². The number of amides is 2. The van der Waals surface area contributed by atoms with Crippen molar-refractivity contribution in [1.82, 2.24) is 20.1 Å². The van der Waals surface area contributed by atoms with Crippen molar-refractivity contribution in [3.05, 3.63) is 84.1 Å². The largest absolute Gasteiger partial charge is 0.462 e. The number of nitrogens with zero attached hydrogens (tertiary/aromatic N) is 3. The summed E-state index contributed by atoms with van der Waals surface area (Å²) in [5.74, 6) is -1.04. The third-order valence-corrected chi connectivity index (χ3v) is 4.77. The van der Waals surface area contributed by atoms with Crippen LogP contribution >= 0.6 is 0 Å². The number of para-hydroxylation sites is 1. The van der Waals surface area contributed by atoms with E-state index in [1.54, 1.807) is 43.3 Å². The van der Waals surface area contributed by atoms with Crippen molar-refractivity contribution in [2.24, 2.45) is 0 Å². The molecule has 0 atom stereocenters. The van der Waals surface area contributed by atoms with Gasteiger partial charge in [0.2, 0.25) is 5.91 Å². The minimum absolute atomic E-state index is 0.0783. The van der Waals surface area contributed by atoms with Crippen LogP contribution in [0.1, 0.15) is 27.6 Å². The highest BCUT2D eigenvalue weighted by atomic mass is 16.5. The third-order valence-electron chi connectivity index (χ3n) is 4.77. The van der Waals surface area contributed by atoms with Gasteiger partial charge in [-0.2, -0.15) is 9.78 Å². The molecule has 9 nitrogen and oxygen atoms in total. The molecule has 33 heavy (non-hydrogen) atoms. The van der Waals surface area contributed by atoms with Crippen LogP contribution in [0.2, 0.25) is 0 Å². The zero-order chi connectivity index (χ0) is 23.2. The number of pyridine rings is 1. The molecule has 9 heteroatoms. The highest BCUT2D eigenvalue weighted by Crippen LogP contribution is 2.22. The maximum Gasteiger partial charge on any atom is 0.343 e. The van der Waals surface area contributed by atoms with Gasteiger partial charge in [-0.05, 0) is 37.3 Å². The Balaban J connectivity index is 1.59. The molecule has 4 rings (SSSR count). The van der Waals surface area contributed by atoms with E-state index in [-0.39, 0.29) is 30.4 Å². The van der Waals surface area contributed by atoms with E-state index in [0.29, 0.717) is 11.4 Å². The normalized spacial score (nSPS) is 10.6. The van der Waals surface area contributed by atoms with Gasteiger partial charge in [0.05, 0.1) is 24.9 Å². The quantitative estimate of drug-likeness (QED) is 0.425. The Morgan fingerprint density at radius 3 is 2.52 bits per heavy atom. The first-order chi connectivity index (χ1) is 16.1. The van der Waals surface area contributed by atoms with Gasteiger partial charge >= 0.3 is 5.97 Å². The molecule has 0 aliphatic carbocycles. The van der Waals surface area contributed by atoms with E-state index in [1.165, 1.54) is 10.9 Å². The monoisotopic (exact) mass is 443 g/mol. The van der Waals surface area contributed by atoms with E-state index in [2.05, 4.69) is 20.7 Å². The van der Waals surface area contributed by atoms with E-state index in [0.717, 1.165) is 10.9 Å². The second-order valence-electron chi connectivity index (χ2n) is 7.00. The van der Waals surface area contributed by atoms with E-state index >= 15 is 0 Å². The van der Waals surface area contributed by atoms with Crippen molar-refractivity contribution in [2.75, 3.05) is 18.5 Å². The zero-order valence-corrected chi connectivity index (χ0v) is 17.8. The fourth-order valence-corrected chi connectivity index (χ4v) is 3.20. The minimum Gasteiger partial charge on any atom is -0.462 e. The Hall–Kier alpha value is -4.53. The average Bonchev–Trinajstić information content (AvgIpc) is 3.26. The topological polar surface area (TPSA) is 115 Å². The number of ether oxygens (including phenoxy) is 1. The number of hydrogen-bond acceptors (Lipinski definition) is 6. The Labute approximate surface area is 189 Å². The van der Waals surface area contributed by atoms with Gasteiger partial charge in [0, 0.05) is 10.9 Å². The number of fused-ring (bicyclic) bond motifs is 1. The van der Waals surface area contributed by atoms with Crippen molar-refractivity contribution in [3.8, 4) is 5.82 Å². The maximum atomic E-state index is 12.6. The lowest BCUT2D eigenvalue weighted by atomic mass is 10.2. The van der Waals surface area contributed by atoms with Crippen LogP contribution in [-0.4, -0.2) is 45.7 Å². The van der Waals surface area contributed by atoms with Crippen LogP contribution in [0.25, 0.3) is 16.7 Å². The molecular weight excluding hydrogens is 422 g/mol. The van der Waals surface area contributed by atoms with Gasteiger partial charge < -0.3 is 15.4 Å². The highest BCUT2D eigenvalue weighted by molar-refractivity contribution is 6.03. The van der Waals surface area contributed by atoms with Crippen LogP contribution in [0, 0.1) is 0 Å². The second kappa shape index (κ2) is 9.73. The molecular formula is C24H21N5O4. The fourth-order valence-electron chi connectivity index (χ4n) is 3.20. The first-order valence-corrected chi connectivity index (χ1v) is 10.3. The van der Waals surface area contributed by atoms with Crippen LogP contribution < -0.4 is 10.6 Å². The molecule has 2 amide bonds. The van der Waals surface area contributed by atoms with Gasteiger partial charge in [0.15, 0.2) is 11.6 Å². The maximum absolute atomic E-state index is 12.6. The molecule has 2 aromatic carbocycles. The summed E-state index contributed by atoms with van der Waals surface area (Å²) in [7, 11) is 0. The Kier molecular flexibility index (Phi) is 6.40. The molecule has 166 valence electrons. The van der Waals surface area contributed by atoms with Crippen LogP contribution in [0.3, 0.4) is 0 Å². The average molecular weight is 443 g/mol. The fraction of sp³-hybridized carbons (Fsp3) is 0.125. The Morgan fingerprint density at radius 1 is 0.970 bits per heavy atom. The molecule has 2 N–H and O–H groups in total. The summed E-state index contributed by atoms with van der Waals surface area (Å²) in [5, 5.41) is 10.4. The number of benzene rings is 2. The van der Waals surface area contributed by atoms with Crippen LogP contribution in [-0.2, 0) is 9.53 Å². The van der Waals surface area contributed by atoms with Crippen molar-refractivity contribution >= 4 is 34.5 Å². The summed E-state index contributed by atoms with van der Waals surface area (Å²) in [6.07, 6.45) is 1.31. The van der Waals surface area contributed by atoms with E-state index < -0.39 is 11.9 Å². The summed E-state index contributed by atoms with van der Waals surface area (Å²) in [4.78, 5) is 41.9. The summed E-state index contributed by atoms with van der Waals surface area (Å²) >= 11 is 0. The van der Waals surface area contributed by atoms with E-state index in [1.807, 2.05) is 30.3 Å². The van der Waals surface area contributed by atoms with E-state index in [4.69, 9.17) is 4.74 Å². The van der Waals surface area contributed by atoms with Crippen LogP contribution in [0.4, 0.5) is 5.82 Å². The summed E-state index contributed by atoms with van der Waals surface area (Å²) in [5.41, 5.74) is 1.24. The van der Waals surface area contributed by atoms with Crippen molar-refractivity contribution in [3.63, 3.8) is 0 Å². The van der Waals surface area contributed by atoms with Gasteiger partial charge in [-0.3, -0.25) is 9.59 Å². The van der Waals surface area contributed by atoms with Gasteiger partial charge in [0.1, 0.15) is 5.56 Å². The lowest BCUT2D eigenvalue weighted by Gasteiger charge is -2.11. The number of hydrogen-bond donors (Lipinski definition) is 2. The molecule has 2 heterocycles. The predicted molar refractivity (Wildman–Crippen MR) is 122 cm³/mol. The number of carbonyl (C=O) groups is 3. The van der Waals surface area contributed by atoms with Gasteiger partial charge in [-0.15, -0.1) is 0 Å². The van der Waals surface area contributed by atoms with Gasteiger partial charge in [-0.25, -0.2) is 9.78 Å². The smallest absolute Gasteiger partial charge is 0.343 e. The zero-order valence-electron chi connectivity index (χ0n) is 17.8. The minimum atomic E-state index is -0.631. The Morgan fingerprint density at radius 2 is 1.73 bits per heavy atom. The number of esters is 1. The molecule has 2 aromatic heterocycles. The number of nitrogens with one attached hydrogen (secondary N) is 2. The lowest BCUT2D eigenvalue weighted by Crippen LogP contribution is -2.33. The number of carbonyl (C=O) groups excluding carboxylic acids is 3. The number of aromatic nitrogens is 3. The molecule has 0 bridgehead atoms. The Bertz CT molecular complexity index is 1320. The summed E-state index contributed by atoms with van der Waals surface area (Å²) in [6.45, 7) is 1.55. The van der Waals surface area contributed by atoms with Crippen molar-refractivity contribution in [1.29, 1.82) is 0 Å². The summed E-state index contributed by atoms with van der Waals surface area (Å²) in [6, 6.07) is 19.7. The molecule has 0 saturated heterocycles. The van der Waals surface area contributed by atoms with E-state index in [9.17, 15) is 14.4 Å². The first kappa shape index (κ1) is 21.7. The van der Waals surface area contributed by atoms with Crippen LogP contribution in [0.15, 0.2) is 72.9 Å². The highest BCUT2D eigenvalue weighted by Gasteiger charge is 2.22. The molecule has 0 fully saturated rings. The molecule has 0 aliphatic heterocycles. The van der Waals surface area contributed by atoms with Crippen LogP contribution in [0.5, 0.6) is 0 Å².